The molecule has 2 rings (SSSR count). The third kappa shape index (κ3) is 4.72. The molecule has 0 aliphatic carbocycles. The average Bonchev–Trinajstić information content (AvgIpc) is 2.45. The minimum atomic E-state index is -0.903. The average molecular weight is 292 g/mol. The number of carbonyl (C=O) groups excluding carboxylic acids is 1. The third-order valence-corrected chi connectivity index (χ3v) is 3.45. The molecule has 116 valence electrons. The van der Waals surface area contributed by atoms with Gasteiger partial charge in [0.25, 0.3) is 0 Å². The molecule has 1 heterocycles. The monoisotopic (exact) mass is 292 g/mol. The largest absolute Gasteiger partial charge is 0.491 e. The Hall–Kier alpha value is -1.59. The van der Waals surface area contributed by atoms with E-state index in [2.05, 4.69) is 17.6 Å². The maximum atomic E-state index is 11.3. The van der Waals surface area contributed by atoms with Gasteiger partial charge in [-0.3, -0.25) is 4.79 Å². The van der Waals surface area contributed by atoms with E-state index in [1.807, 2.05) is 18.2 Å². The number of nitrogens with one attached hydrogen (secondary N) is 2. The minimum Gasteiger partial charge on any atom is -0.491 e. The number of hydrogen-bond donors (Lipinski definition) is 3. The fourth-order valence-corrected chi connectivity index (χ4v) is 2.27. The van der Waals surface area contributed by atoms with Crippen LogP contribution >= 0.6 is 0 Å². The van der Waals surface area contributed by atoms with Crippen molar-refractivity contribution < 1.29 is 14.6 Å². The molecule has 1 aliphatic rings. The second kappa shape index (κ2) is 6.91. The molecule has 0 saturated carbocycles. The molecule has 0 fully saturated rings. The van der Waals surface area contributed by atoms with Crippen molar-refractivity contribution in [3.8, 4) is 5.75 Å². The molecule has 0 radical (unpaired) electrons. The van der Waals surface area contributed by atoms with E-state index in [1.165, 1.54) is 0 Å². The van der Waals surface area contributed by atoms with Crippen molar-refractivity contribution in [1.82, 2.24) is 5.32 Å². The van der Waals surface area contributed by atoms with Crippen molar-refractivity contribution >= 4 is 11.6 Å². The molecule has 5 heteroatoms. The maximum absolute atomic E-state index is 11.3. The van der Waals surface area contributed by atoms with E-state index in [1.54, 1.807) is 6.92 Å². The number of amides is 1. The number of rotatable bonds is 7. The molecule has 21 heavy (non-hydrogen) atoms. The van der Waals surface area contributed by atoms with Gasteiger partial charge in [-0.2, -0.15) is 0 Å². The Bertz CT molecular complexity index is 500. The lowest BCUT2D eigenvalue weighted by molar-refractivity contribution is -0.116. The van der Waals surface area contributed by atoms with E-state index < -0.39 is 5.60 Å². The molecule has 1 atom stereocenters. The Morgan fingerprint density at radius 1 is 1.43 bits per heavy atom. The van der Waals surface area contributed by atoms with E-state index in [4.69, 9.17) is 4.74 Å². The number of aryl methyl sites for hydroxylation is 1. The van der Waals surface area contributed by atoms with Crippen LogP contribution in [-0.2, 0) is 11.2 Å². The summed E-state index contributed by atoms with van der Waals surface area (Å²) in [5.41, 5.74) is 1.03. The molecule has 3 N–H and O–H groups in total. The van der Waals surface area contributed by atoms with Crippen LogP contribution in [0, 0.1) is 0 Å². The Kier molecular flexibility index (Phi) is 5.20. The predicted octanol–water partition coefficient (Wildman–Crippen LogP) is 1.70. The summed E-state index contributed by atoms with van der Waals surface area (Å²) in [6, 6.07) is 5.61. The second-order valence-corrected chi connectivity index (χ2v) is 5.83. The number of ether oxygens (including phenoxy) is 1. The number of benzene rings is 1. The van der Waals surface area contributed by atoms with Crippen LogP contribution in [-0.4, -0.2) is 36.3 Å². The van der Waals surface area contributed by atoms with E-state index in [9.17, 15) is 9.90 Å². The quantitative estimate of drug-likeness (QED) is 0.669. The summed E-state index contributed by atoms with van der Waals surface area (Å²) in [5.74, 6) is 0.779. The minimum absolute atomic E-state index is 0.0566. The first-order chi connectivity index (χ1) is 10.00. The van der Waals surface area contributed by atoms with Gasteiger partial charge in [-0.25, -0.2) is 0 Å². The Balaban J connectivity index is 1.90. The van der Waals surface area contributed by atoms with Crippen LogP contribution in [0.5, 0.6) is 5.75 Å². The van der Waals surface area contributed by atoms with Crippen molar-refractivity contribution in [2.24, 2.45) is 0 Å². The van der Waals surface area contributed by atoms with Gasteiger partial charge in [-0.1, -0.05) is 6.92 Å². The Morgan fingerprint density at radius 2 is 2.24 bits per heavy atom. The molecule has 5 nitrogen and oxygen atoms in total. The van der Waals surface area contributed by atoms with Gasteiger partial charge in [-0.15, -0.1) is 0 Å². The fourth-order valence-electron chi connectivity index (χ4n) is 2.27. The summed E-state index contributed by atoms with van der Waals surface area (Å²) in [7, 11) is 0. The molecule has 0 aromatic heterocycles. The summed E-state index contributed by atoms with van der Waals surface area (Å²) >= 11 is 0. The van der Waals surface area contributed by atoms with Crippen molar-refractivity contribution in [3.05, 3.63) is 23.8 Å². The highest BCUT2D eigenvalue weighted by molar-refractivity contribution is 5.93. The lowest BCUT2D eigenvalue weighted by Crippen LogP contribution is -2.43. The van der Waals surface area contributed by atoms with Gasteiger partial charge >= 0.3 is 0 Å². The standard InChI is InChI=1S/C16H24N2O3/c1-3-8-17-10-16(2,20)11-21-13-5-6-14-12(9-13)4-7-15(19)18-14/h5-6,9,17,20H,3-4,7-8,10-11H2,1-2H3,(H,18,19). The molecule has 1 amide bonds. The van der Waals surface area contributed by atoms with Gasteiger partial charge in [0.1, 0.15) is 18.0 Å². The normalized spacial score (nSPS) is 16.8. The van der Waals surface area contributed by atoms with Gasteiger partial charge in [0, 0.05) is 18.7 Å². The summed E-state index contributed by atoms with van der Waals surface area (Å²) in [4.78, 5) is 11.3. The van der Waals surface area contributed by atoms with Crippen molar-refractivity contribution in [3.63, 3.8) is 0 Å². The summed E-state index contributed by atoms with van der Waals surface area (Å²) < 4.78 is 5.69. The zero-order valence-electron chi connectivity index (χ0n) is 12.7. The second-order valence-electron chi connectivity index (χ2n) is 5.83. The number of aliphatic hydroxyl groups is 1. The molecule has 1 aliphatic heterocycles. The van der Waals surface area contributed by atoms with Crippen LogP contribution in [0.25, 0.3) is 0 Å². The van der Waals surface area contributed by atoms with Crippen molar-refractivity contribution in [2.75, 3.05) is 25.0 Å². The van der Waals surface area contributed by atoms with Crippen molar-refractivity contribution in [1.29, 1.82) is 0 Å². The van der Waals surface area contributed by atoms with Crippen LogP contribution in [0.2, 0.25) is 0 Å². The Morgan fingerprint density at radius 3 is 3.00 bits per heavy atom. The summed E-state index contributed by atoms with van der Waals surface area (Å²) in [6.07, 6.45) is 2.27. The van der Waals surface area contributed by atoms with Gasteiger partial charge in [0.05, 0.1) is 0 Å². The SMILES string of the molecule is CCCNCC(C)(O)COc1ccc2c(c1)CCC(=O)N2. The predicted molar refractivity (Wildman–Crippen MR) is 82.7 cm³/mol. The zero-order valence-corrected chi connectivity index (χ0v) is 12.7. The van der Waals surface area contributed by atoms with Crippen LogP contribution in [0.4, 0.5) is 5.69 Å². The zero-order chi connectivity index (χ0) is 15.3. The topological polar surface area (TPSA) is 70.6 Å². The van der Waals surface area contributed by atoms with Crippen LogP contribution < -0.4 is 15.4 Å². The van der Waals surface area contributed by atoms with Crippen LogP contribution in [0.15, 0.2) is 18.2 Å². The summed E-state index contributed by atoms with van der Waals surface area (Å²) in [6.45, 7) is 5.46. The van der Waals surface area contributed by atoms with Gasteiger partial charge in [-0.05, 0) is 50.1 Å². The number of fused-ring (bicyclic) bond motifs is 1. The molecule has 0 bridgehead atoms. The molecule has 0 spiro atoms. The highest BCUT2D eigenvalue weighted by Crippen LogP contribution is 2.27. The van der Waals surface area contributed by atoms with Gasteiger partial charge in [0.2, 0.25) is 5.91 Å². The van der Waals surface area contributed by atoms with Gasteiger partial charge < -0.3 is 20.5 Å². The first-order valence-corrected chi connectivity index (χ1v) is 7.49. The molecule has 0 saturated heterocycles. The number of hydrogen-bond acceptors (Lipinski definition) is 4. The van der Waals surface area contributed by atoms with E-state index in [0.29, 0.717) is 13.0 Å². The highest BCUT2D eigenvalue weighted by Gasteiger charge is 2.21. The fraction of sp³-hybridized carbons (Fsp3) is 0.562. The van der Waals surface area contributed by atoms with Crippen molar-refractivity contribution in [2.45, 2.75) is 38.7 Å². The van der Waals surface area contributed by atoms with Gasteiger partial charge in [0.15, 0.2) is 0 Å². The number of carbonyl (C=O) groups is 1. The van der Waals surface area contributed by atoms with E-state index in [-0.39, 0.29) is 12.5 Å². The van der Waals surface area contributed by atoms with Crippen LogP contribution in [0.3, 0.4) is 0 Å². The first kappa shape index (κ1) is 15.8. The maximum Gasteiger partial charge on any atom is 0.224 e. The molecule has 1 aromatic rings. The molecular weight excluding hydrogens is 268 g/mol. The third-order valence-electron chi connectivity index (χ3n) is 3.45. The summed E-state index contributed by atoms with van der Waals surface area (Å²) in [5, 5.41) is 16.3. The smallest absolute Gasteiger partial charge is 0.224 e. The molecular formula is C16H24N2O3. The van der Waals surface area contributed by atoms with E-state index in [0.717, 1.165) is 36.4 Å². The lowest BCUT2D eigenvalue weighted by Gasteiger charge is -2.24. The van der Waals surface area contributed by atoms with E-state index >= 15 is 0 Å². The van der Waals surface area contributed by atoms with Crippen LogP contribution in [0.1, 0.15) is 32.3 Å². The molecule has 1 unspecified atom stereocenters. The molecule has 1 aromatic carbocycles. The highest BCUT2D eigenvalue weighted by atomic mass is 16.5. The lowest BCUT2D eigenvalue weighted by atomic mass is 10.0. The number of anilines is 1. The first-order valence-electron chi connectivity index (χ1n) is 7.49. The Labute approximate surface area is 125 Å².